The molecule has 2 atom stereocenters. The van der Waals surface area contributed by atoms with Gasteiger partial charge in [0.05, 0.1) is 5.58 Å². The fraction of sp³-hybridized carbons (Fsp3) is 0.152. The van der Waals surface area contributed by atoms with Crippen LogP contribution in [0.15, 0.2) is 64.0 Å². The van der Waals surface area contributed by atoms with Gasteiger partial charge in [0.1, 0.15) is 34.4 Å². The number of fused-ring (bicyclic) bond motifs is 7. The molecule has 0 radical (unpaired) electrons. The van der Waals surface area contributed by atoms with Crippen LogP contribution < -0.4 is 4.74 Å². The van der Waals surface area contributed by atoms with Gasteiger partial charge in [-0.3, -0.25) is 4.99 Å². The maximum Gasteiger partial charge on any atom is 0.217 e. The van der Waals surface area contributed by atoms with E-state index in [1.165, 1.54) is 6.92 Å². The van der Waals surface area contributed by atoms with Gasteiger partial charge in [0, 0.05) is 61.2 Å². The van der Waals surface area contributed by atoms with Crippen molar-refractivity contribution in [2.75, 3.05) is 0 Å². The minimum atomic E-state index is -1.90. The third-order valence-corrected chi connectivity index (χ3v) is 8.18. The van der Waals surface area contributed by atoms with Crippen molar-refractivity contribution in [2.24, 2.45) is 4.99 Å². The zero-order chi connectivity index (χ0) is 29.8. The van der Waals surface area contributed by atoms with E-state index in [0.717, 1.165) is 16.3 Å². The van der Waals surface area contributed by atoms with Crippen molar-refractivity contribution < 1.29 is 57.6 Å². The van der Waals surface area contributed by atoms with Crippen molar-refractivity contribution in [2.45, 2.75) is 31.9 Å². The molecule has 2 aromatic heterocycles. The molecule has 224 valence electrons. The summed E-state index contributed by atoms with van der Waals surface area (Å²) in [4.78, 5) is 9.06. The number of hydrogen-bond acceptors (Lipinski definition) is 6. The van der Waals surface area contributed by atoms with E-state index >= 15 is 4.39 Å². The third-order valence-electron chi connectivity index (χ3n) is 8.18. The van der Waals surface area contributed by atoms with Gasteiger partial charge in [0.25, 0.3) is 0 Å². The number of furan rings is 1. The number of hydrogen-bond donors (Lipinski definition) is 1. The summed E-state index contributed by atoms with van der Waals surface area (Å²) < 4.78 is 76.3. The van der Waals surface area contributed by atoms with Crippen molar-refractivity contribution in [3.05, 3.63) is 106 Å². The minimum Gasteiger partial charge on any atom is -0.514 e. The number of aryl methyl sites for hydroxylation is 1. The maximum absolute atomic E-state index is 15.0. The Labute approximate surface area is 261 Å². The van der Waals surface area contributed by atoms with Gasteiger partial charge in [0.15, 0.2) is 23.3 Å². The first-order valence-corrected chi connectivity index (χ1v) is 13.4. The molecule has 4 aromatic carbocycles. The van der Waals surface area contributed by atoms with E-state index < -0.39 is 34.9 Å². The van der Waals surface area contributed by atoms with E-state index in [-0.39, 0.29) is 67.5 Å². The first kappa shape index (κ1) is 28.3. The third kappa shape index (κ3) is 3.96. The van der Waals surface area contributed by atoms with Crippen LogP contribution in [-0.4, -0.2) is 22.1 Å². The molecule has 1 aliphatic heterocycles. The van der Waals surface area contributed by atoms with Gasteiger partial charge in [-0.15, -0.1) is 0 Å². The number of benzene rings is 4. The van der Waals surface area contributed by atoms with Crippen LogP contribution in [0.4, 0.5) is 17.6 Å². The second-order valence-electron chi connectivity index (χ2n) is 10.9. The summed E-state index contributed by atoms with van der Waals surface area (Å²) in [7, 11) is 0. The second-order valence-corrected chi connectivity index (χ2v) is 10.9. The number of phenolic OH excluding ortho intramolecular Hbond substituents is 1. The van der Waals surface area contributed by atoms with Crippen LogP contribution in [0.25, 0.3) is 32.8 Å². The largest absolute Gasteiger partial charge is 0.514 e. The van der Waals surface area contributed by atoms with Gasteiger partial charge in [-0.05, 0) is 49.2 Å². The summed E-state index contributed by atoms with van der Waals surface area (Å²) >= 11 is 0. The SMILES string of the molecule is Cc1cc(O)c2nc(Oc3[c-]c(C4=N[C@@]5(C)c6c(F)c(F)c(F)c(F)c6C[C@H]5O4)c4oc5ccccc5c4c3)ccc2c1.[Pt]. The fourth-order valence-corrected chi connectivity index (χ4v) is 6.17. The van der Waals surface area contributed by atoms with Gasteiger partial charge in [-0.2, -0.15) is 0 Å². The molecule has 2 aliphatic rings. The molecular weight excluding hydrogens is 759 g/mol. The number of ether oxygens (including phenoxy) is 2. The quantitative estimate of drug-likeness (QED) is 0.0856. The van der Waals surface area contributed by atoms with Gasteiger partial charge in [-0.25, -0.2) is 22.5 Å². The number of aliphatic imine (C=N–C) groups is 1. The number of para-hydroxylation sites is 1. The molecule has 0 spiro atoms. The smallest absolute Gasteiger partial charge is 0.217 e. The summed E-state index contributed by atoms with van der Waals surface area (Å²) in [5, 5.41) is 12.6. The van der Waals surface area contributed by atoms with E-state index in [0.29, 0.717) is 22.1 Å². The maximum atomic E-state index is 15.0. The van der Waals surface area contributed by atoms with Crippen LogP contribution in [0.1, 0.15) is 29.2 Å². The van der Waals surface area contributed by atoms with Gasteiger partial charge in [-0.1, -0.05) is 35.7 Å². The monoisotopic (exact) mass is 778 g/mol. The van der Waals surface area contributed by atoms with Crippen molar-refractivity contribution in [1.29, 1.82) is 0 Å². The fourth-order valence-electron chi connectivity index (χ4n) is 6.17. The first-order chi connectivity index (χ1) is 20.6. The van der Waals surface area contributed by atoms with Crippen LogP contribution >= 0.6 is 0 Å². The zero-order valence-corrected chi connectivity index (χ0v) is 25.1. The molecule has 1 aliphatic carbocycles. The average molecular weight is 779 g/mol. The standard InChI is InChI=1S/C33H19F4N2O4.Pt/c1-14-9-15-7-8-24(38-30(15)21(40)10-14)41-16-11-18-17-5-3-4-6-22(17)42-31(18)20(12-16)32-39-33(2)23(43-32)13-19-25(33)27(35)29(37)28(36)26(19)34;/h3-11,23,40H,13H2,1-2H3;/q-1;/t23-,33-;/m1./s1. The van der Waals surface area contributed by atoms with Crippen LogP contribution in [0.3, 0.4) is 0 Å². The minimum absolute atomic E-state index is 0. The molecule has 3 heterocycles. The summed E-state index contributed by atoms with van der Waals surface area (Å²) in [6, 6.07) is 19.1. The van der Waals surface area contributed by atoms with Gasteiger partial charge >= 0.3 is 0 Å². The Morgan fingerprint density at radius 3 is 2.57 bits per heavy atom. The van der Waals surface area contributed by atoms with Crippen molar-refractivity contribution in [3.63, 3.8) is 0 Å². The van der Waals surface area contributed by atoms with E-state index in [2.05, 4.69) is 16.0 Å². The Balaban J connectivity index is 0.00000312. The predicted octanol–water partition coefficient (Wildman–Crippen LogP) is 7.91. The number of phenols is 1. The Morgan fingerprint density at radius 2 is 1.75 bits per heavy atom. The van der Waals surface area contributed by atoms with E-state index in [1.54, 1.807) is 30.3 Å². The Morgan fingerprint density at radius 1 is 0.977 bits per heavy atom. The summed E-state index contributed by atoms with van der Waals surface area (Å²) in [5.41, 5.74) is 0.173. The van der Waals surface area contributed by atoms with E-state index in [9.17, 15) is 18.3 Å². The summed E-state index contributed by atoms with van der Waals surface area (Å²) in [6.07, 6.45) is -1.16. The molecule has 1 N–H and O–H groups in total. The molecule has 8 rings (SSSR count). The molecule has 0 unspecified atom stereocenters. The number of pyridine rings is 1. The summed E-state index contributed by atoms with van der Waals surface area (Å²) in [6.45, 7) is 3.35. The molecule has 6 aromatic rings. The number of rotatable bonds is 3. The number of nitrogens with zero attached hydrogens (tertiary/aromatic N) is 2. The predicted molar refractivity (Wildman–Crippen MR) is 150 cm³/mol. The summed E-state index contributed by atoms with van der Waals surface area (Å²) in [5.74, 6) is -6.30. The molecule has 0 bridgehead atoms. The van der Waals surface area contributed by atoms with Crippen LogP contribution in [0.5, 0.6) is 17.4 Å². The first-order valence-electron chi connectivity index (χ1n) is 13.4. The molecular formula is C33H19F4N2O4Pt-. The zero-order valence-electron chi connectivity index (χ0n) is 22.9. The molecule has 44 heavy (non-hydrogen) atoms. The number of aromatic nitrogens is 1. The molecule has 6 nitrogen and oxygen atoms in total. The molecule has 0 amide bonds. The van der Waals surface area contributed by atoms with Crippen molar-refractivity contribution in [1.82, 2.24) is 4.98 Å². The number of halogens is 4. The molecule has 0 saturated carbocycles. The Bertz CT molecular complexity index is 2230. The van der Waals surface area contributed by atoms with Crippen LogP contribution in [0, 0.1) is 36.3 Å². The Hall–Kier alpha value is -4.43. The normalized spacial score (nSPS) is 18.7. The van der Waals surface area contributed by atoms with Crippen molar-refractivity contribution in [3.8, 4) is 17.4 Å². The van der Waals surface area contributed by atoms with Crippen molar-refractivity contribution >= 4 is 38.7 Å². The topological polar surface area (TPSA) is 77.1 Å². The molecule has 0 fully saturated rings. The van der Waals surface area contributed by atoms with Crippen LogP contribution in [0.2, 0.25) is 0 Å². The van der Waals surface area contributed by atoms with Gasteiger partial charge in [0.2, 0.25) is 5.88 Å². The molecule has 0 saturated heterocycles. The second kappa shape index (κ2) is 9.79. The van der Waals surface area contributed by atoms with Gasteiger partial charge < -0.3 is 19.0 Å². The van der Waals surface area contributed by atoms with Crippen LogP contribution in [-0.2, 0) is 37.8 Å². The Kier molecular flexibility index (Phi) is 6.31. The average Bonchev–Trinajstić information content (AvgIpc) is 3.61. The van der Waals surface area contributed by atoms with E-state index in [4.69, 9.17) is 13.9 Å². The van der Waals surface area contributed by atoms with E-state index in [1.807, 2.05) is 31.2 Å². The molecule has 11 heteroatoms. The number of aromatic hydroxyl groups is 1.